The van der Waals surface area contributed by atoms with Crippen LogP contribution in [0.1, 0.15) is 29.5 Å². The van der Waals surface area contributed by atoms with Crippen molar-refractivity contribution in [2.45, 2.75) is 36.2 Å². The standard InChI is InChI=1S/C27H26INO6/c1-15(30)29-24-22(16-7-5-4-6-8-16)27(17-9-11-19(33-2)12-10-17)26(32,25(24)31)23-20(34-3)13-18(28)14-21(23)35-27/h4-14,22,24-25,31-32H,1-3H3,(H,29,30)/t22-,24-,25-,26+,27+/m1/s1. The Kier molecular flexibility index (Phi) is 5.93. The van der Waals surface area contributed by atoms with Crippen molar-refractivity contribution in [1.82, 2.24) is 5.32 Å². The number of ether oxygens (including phenoxy) is 3. The molecule has 3 N–H and O–H groups in total. The van der Waals surface area contributed by atoms with Crippen molar-refractivity contribution in [3.8, 4) is 17.2 Å². The quantitative estimate of drug-likeness (QED) is 0.396. The van der Waals surface area contributed by atoms with Gasteiger partial charge in [0.1, 0.15) is 23.4 Å². The number of rotatable bonds is 5. The second-order valence-corrected chi connectivity index (χ2v) is 10.1. The van der Waals surface area contributed by atoms with Gasteiger partial charge in [0.2, 0.25) is 5.91 Å². The zero-order chi connectivity index (χ0) is 25.0. The van der Waals surface area contributed by atoms with E-state index in [0.29, 0.717) is 28.4 Å². The molecule has 1 fully saturated rings. The molecule has 1 heterocycles. The van der Waals surface area contributed by atoms with Crippen LogP contribution in [0.5, 0.6) is 17.2 Å². The van der Waals surface area contributed by atoms with Crippen molar-refractivity contribution in [2.75, 3.05) is 14.2 Å². The van der Waals surface area contributed by atoms with Crippen molar-refractivity contribution in [1.29, 1.82) is 0 Å². The molecule has 1 aliphatic heterocycles. The zero-order valence-electron chi connectivity index (χ0n) is 19.5. The molecular formula is C27H26INO6. The highest BCUT2D eigenvalue weighted by Crippen LogP contribution is 2.68. The van der Waals surface area contributed by atoms with Crippen molar-refractivity contribution in [3.63, 3.8) is 0 Å². The van der Waals surface area contributed by atoms with Gasteiger partial charge in [0.15, 0.2) is 11.2 Å². The van der Waals surface area contributed by atoms with E-state index in [4.69, 9.17) is 14.2 Å². The van der Waals surface area contributed by atoms with Gasteiger partial charge < -0.3 is 29.7 Å². The fraction of sp³-hybridized carbons (Fsp3) is 0.296. The maximum absolute atomic E-state index is 12.7. The monoisotopic (exact) mass is 587 g/mol. The van der Waals surface area contributed by atoms with E-state index in [-0.39, 0.29) is 5.91 Å². The Balaban J connectivity index is 1.86. The fourth-order valence-electron chi connectivity index (χ4n) is 5.77. The molecule has 7 nitrogen and oxygen atoms in total. The highest BCUT2D eigenvalue weighted by atomic mass is 127. The third-order valence-corrected chi connectivity index (χ3v) is 7.70. The fourth-order valence-corrected chi connectivity index (χ4v) is 6.34. The number of carbonyl (C=O) groups is 1. The molecule has 3 aromatic carbocycles. The second kappa shape index (κ2) is 8.69. The second-order valence-electron chi connectivity index (χ2n) is 8.87. The molecule has 0 aromatic heterocycles. The number of amides is 1. The molecular weight excluding hydrogens is 561 g/mol. The minimum absolute atomic E-state index is 0.321. The molecule has 182 valence electrons. The summed E-state index contributed by atoms with van der Waals surface area (Å²) in [6, 6.07) is 19.5. The van der Waals surface area contributed by atoms with Crippen molar-refractivity contribution in [3.05, 3.63) is 87.0 Å². The maximum atomic E-state index is 12.7. The molecule has 1 saturated carbocycles. The van der Waals surface area contributed by atoms with Gasteiger partial charge >= 0.3 is 0 Å². The highest BCUT2D eigenvalue weighted by molar-refractivity contribution is 14.1. The molecule has 5 atom stereocenters. The Morgan fingerprint density at radius 1 is 1.06 bits per heavy atom. The van der Waals surface area contributed by atoms with Gasteiger partial charge in [0.25, 0.3) is 0 Å². The predicted molar refractivity (Wildman–Crippen MR) is 138 cm³/mol. The molecule has 0 radical (unpaired) electrons. The van der Waals surface area contributed by atoms with Crippen molar-refractivity contribution < 1.29 is 29.2 Å². The van der Waals surface area contributed by atoms with Gasteiger partial charge in [-0.15, -0.1) is 0 Å². The van der Waals surface area contributed by atoms with Gasteiger partial charge in [-0.2, -0.15) is 0 Å². The Labute approximate surface area is 217 Å². The summed E-state index contributed by atoms with van der Waals surface area (Å²) in [6.45, 7) is 1.39. The Morgan fingerprint density at radius 2 is 1.74 bits per heavy atom. The summed E-state index contributed by atoms with van der Waals surface area (Å²) in [5.74, 6) is 0.506. The number of hydrogen-bond donors (Lipinski definition) is 3. The molecule has 0 saturated heterocycles. The summed E-state index contributed by atoms with van der Waals surface area (Å²) in [6.07, 6.45) is -1.41. The van der Waals surface area contributed by atoms with E-state index in [9.17, 15) is 15.0 Å². The number of aliphatic hydroxyl groups is 2. The number of fused-ring (bicyclic) bond motifs is 3. The summed E-state index contributed by atoms with van der Waals surface area (Å²) in [4.78, 5) is 12.3. The molecule has 2 aliphatic rings. The van der Waals surface area contributed by atoms with Gasteiger partial charge in [-0.1, -0.05) is 42.5 Å². The third-order valence-electron chi connectivity index (χ3n) is 7.08. The van der Waals surface area contributed by atoms with E-state index >= 15 is 0 Å². The summed E-state index contributed by atoms with van der Waals surface area (Å²) in [5.41, 5.74) is -1.63. The van der Waals surface area contributed by atoms with Crippen LogP contribution in [0.2, 0.25) is 0 Å². The molecule has 3 aromatic rings. The molecule has 0 spiro atoms. The smallest absolute Gasteiger partial charge is 0.217 e. The number of halogens is 1. The minimum Gasteiger partial charge on any atom is -0.497 e. The highest BCUT2D eigenvalue weighted by Gasteiger charge is 2.77. The number of methoxy groups -OCH3 is 2. The van der Waals surface area contributed by atoms with Crippen LogP contribution in [-0.4, -0.2) is 42.5 Å². The summed E-state index contributed by atoms with van der Waals surface area (Å²) in [7, 11) is 3.10. The minimum atomic E-state index is -1.94. The summed E-state index contributed by atoms with van der Waals surface area (Å²) >= 11 is 2.16. The molecule has 0 bridgehead atoms. The van der Waals surface area contributed by atoms with Gasteiger partial charge in [0, 0.05) is 10.5 Å². The van der Waals surface area contributed by atoms with E-state index in [1.54, 1.807) is 25.3 Å². The predicted octanol–water partition coefficient (Wildman–Crippen LogP) is 3.45. The SMILES string of the molecule is COc1ccc([C@@]23Oc4cc(I)cc(OC)c4[C@]2(O)[C@H](O)[C@H](NC(C)=O)[C@H]3c2ccccc2)cc1. The van der Waals surface area contributed by atoms with E-state index in [0.717, 1.165) is 9.13 Å². The van der Waals surface area contributed by atoms with Crippen LogP contribution in [0.4, 0.5) is 0 Å². The Morgan fingerprint density at radius 3 is 2.34 bits per heavy atom. The lowest BCUT2D eigenvalue weighted by molar-refractivity contribution is -0.151. The number of benzene rings is 3. The molecule has 8 heteroatoms. The number of carbonyl (C=O) groups excluding carboxylic acids is 1. The van der Waals surface area contributed by atoms with Crippen LogP contribution in [0.3, 0.4) is 0 Å². The lowest BCUT2D eigenvalue weighted by Crippen LogP contribution is -2.52. The normalized spacial score (nSPS) is 28.6. The average Bonchev–Trinajstić information content (AvgIpc) is 3.21. The van der Waals surface area contributed by atoms with Crippen LogP contribution >= 0.6 is 22.6 Å². The van der Waals surface area contributed by atoms with Crippen LogP contribution < -0.4 is 19.5 Å². The van der Waals surface area contributed by atoms with E-state index in [1.165, 1.54) is 14.0 Å². The van der Waals surface area contributed by atoms with E-state index < -0.39 is 29.3 Å². The molecule has 5 rings (SSSR count). The van der Waals surface area contributed by atoms with Crippen LogP contribution in [0, 0.1) is 3.57 Å². The lowest BCUT2D eigenvalue weighted by Gasteiger charge is -2.40. The maximum Gasteiger partial charge on any atom is 0.217 e. The van der Waals surface area contributed by atoms with E-state index in [1.807, 2.05) is 48.5 Å². The average molecular weight is 587 g/mol. The van der Waals surface area contributed by atoms with Gasteiger partial charge in [-0.25, -0.2) is 0 Å². The first-order valence-electron chi connectivity index (χ1n) is 11.2. The van der Waals surface area contributed by atoms with Crippen molar-refractivity contribution in [2.24, 2.45) is 0 Å². The van der Waals surface area contributed by atoms with Gasteiger partial charge in [0.05, 0.1) is 31.7 Å². The number of aliphatic hydroxyl groups excluding tert-OH is 1. The number of hydrogen-bond acceptors (Lipinski definition) is 6. The molecule has 35 heavy (non-hydrogen) atoms. The third kappa shape index (κ3) is 3.34. The van der Waals surface area contributed by atoms with Crippen molar-refractivity contribution >= 4 is 28.5 Å². The van der Waals surface area contributed by atoms with E-state index in [2.05, 4.69) is 27.9 Å². The Bertz CT molecular complexity index is 1270. The van der Waals surface area contributed by atoms with Crippen LogP contribution in [0.25, 0.3) is 0 Å². The zero-order valence-corrected chi connectivity index (χ0v) is 21.6. The van der Waals surface area contributed by atoms with Gasteiger partial charge in [-0.3, -0.25) is 4.79 Å². The Hall–Kier alpha value is -2.82. The van der Waals surface area contributed by atoms with Gasteiger partial charge in [-0.05, 0) is 58.0 Å². The first kappa shape index (κ1) is 23.9. The number of nitrogens with one attached hydrogen (secondary N) is 1. The first-order chi connectivity index (χ1) is 16.8. The molecule has 1 amide bonds. The summed E-state index contributed by atoms with van der Waals surface area (Å²) < 4.78 is 18.7. The molecule has 1 aliphatic carbocycles. The summed E-state index contributed by atoms with van der Waals surface area (Å²) in [5, 5.41) is 27.4. The first-order valence-corrected chi connectivity index (χ1v) is 12.3. The molecule has 0 unspecified atom stereocenters. The van der Waals surface area contributed by atoms with Crippen LogP contribution in [-0.2, 0) is 16.0 Å². The largest absolute Gasteiger partial charge is 0.497 e. The topological polar surface area (TPSA) is 97.2 Å². The van der Waals surface area contributed by atoms with Crippen LogP contribution in [0.15, 0.2) is 66.7 Å². The lowest BCUT2D eigenvalue weighted by atomic mass is 9.71.